The summed E-state index contributed by atoms with van der Waals surface area (Å²) in [7, 11) is 0. The number of aliphatic carboxylic acids is 1. The molecule has 1 aromatic carbocycles. The number of allylic oxidation sites excluding steroid dienone is 2. The van der Waals surface area contributed by atoms with Gasteiger partial charge in [-0.25, -0.2) is 0 Å². The molecule has 1 saturated carbocycles. The van der Waals surface area contributed by atoms with E-state index in [0.717, 1.165) is 38.5 Å². The molecule has 41 heavy (non-hydrogen) atoms. The molecule has 0 radical (unpaired) electrons. The molecule has 9 nitrogen and oxygen atoms in total. The molecule has 0 bridgehead atoms. The lowest BCUT2D eigenvalue weighted by molar-refractivity contribution is -0.226. The van der Waals surface area contributed by atoms with Crippen LogP contribution in [0.4, 0.5) is 0 Å². The third-order valence-electron chi connectivity index (χ3n) is 7.76. The SMILES string of the molecule is O=C(O)CCC/C=C/CC1C(O)CC(OC2CCCCO2)C1OCC(COc1ccc(Cl)cc1)OC1CCCCO1. The fourth-order valence-electron chi connectivity index (χ4n) is 5.55. The maximum Gasteiger partial charge on any atom is 0.303 e. The first-order chi connectivity index (χ1) is 20.0. The van der Waals surface area contributed by atoms with E-state index in [-0.39, 0.29) is 50.3 Å². The first kappa shape index (κ1) is 32.2. The van der Waals surface area contributed by atoms with Gasteiger partial charge in [-0.15, -0.1) is 0 Å². The highest BCUT2D eigenvalue weighted by Crippen LogP contribution is 2.36. The molecule has 2 heterocycles. The van der Waals surface area contributed by atoms with Gasteiger partial charge in [-0.05, 0) is 82.1 Å². The average Bonchev–Trinajstić information content (AvgIpc) is 3.27. The van der Waals surface area contributed by atoms with Crippen molar-refractivity contribution in [2.45, 2.75) is 108 Å². The topological polar surface area (TPSA) is 113 Å². The summed E-state index contributed by atoms with van der Waals surface area (Å²) in [6.07, 6.45) is 9.96. The molecule has 0 amide bonds. The highest BCUT2D eigenvalue weighted by molar-refractivity contribution is 6.30. The van der Waals surface area contributed by atoms with E-state index in [1.165, 1.54) is 0 Å². The maximum absolute atomic E-state index is 11.0. The number of aliphatic hydroxyl groups is 1. The van der Waals surface area contributed by atoms with Crippen molar-refractivity contribution in [2.75, 3.05) is 26.4 Å². The summed E-state index contributed by atoms with van der Waals surface area (Å²) in [6, 6.07) is 7.19. The van der Waals surface area contributed by atoms with Crippen LogP contribution in [0, 0.1) is 5.92 Å². The van der Waals surface area contributed by atoms with E-state index < -0.39 is 18.2 Å². The molecule has 1 aromatic rings. The lowest BCUT2D eigenvalue weighted by atomic mass is 9.98. The number of rotatable bonds is 16. The lowest BCUT2D eigenvalue weighted by Gasteiger charge is -2.32. The normalized spacial score (nSPS) is 29.5. The van der Waals surface area contributed by atoms with Crippen molar-refractivity contribution in [3.8, 4) is 5.75 Å². The van der Waals surface area contributed by atoms with E-state index in [1.807, 2.05) is 24.3 Å². The van der Waals surface area contributed by atoms with Crippen LogP contribution >= 0.6 is 11.6 Å². The summed E-state index contributed by atoms with van der Waals surface area (Å²) in [5.41, 5.74) is 0. The summed E-state index contributed by atoms with van der Waals surface area (Å²) in [5.74, 6) is -0.285. The fraction of sp³-hybridized carbons (Fsp3) is 0.710. The number of ether oxygens (including phenoxy) is 6. The second kappa shape index (κ2) is 17.4. The van der Waals surface area contributed by atoms with Crippen LogP contribution in [0.1, 0.15) is 70.6 Å². The predicted octanol–water partition coefficient (Wildman–Crippen LogP) is 5.51. The van der Waals surface area contributed by atoms with Gasteiger partial charge >= 0.3 is 5.97 Å². The van der Waals surface area contributed by atoms with Crippen molar-refractivity contribution in [1.29, 1.82) is 0 Å². The largest absolute Gasteiger partial charge is 0.491 e. The number of aliphatic hydroxyl groups excluding tert-OH is 1. The molecule has 2 saturated heterocycles. The minimum atomic E-state index is -0.793. The zero-order chi connectivity index (χ0) is 28.9. The van der Waals surface area contributed by atoms with Gasteiger partial charge in [0.05, 0.1) is 24.9 Å². The summed E-state index contributed by atoms with van der Waals surface area (Å²) in [4.78, 5) is 10.8. The summed E-state index contributed by atoms with van der Waals surface area (Å²) in [6.45, 7) is 1.85. The van der Waals surface area contributed by atoms with Crippen LogP contribution < -0.4 is 4.74 Å². The molecule has 3 aliphatic rings. The molecular formula is C31H45ClO9. The van der Waals surface area contributed by atoms with Crippen LogP contribution in [0.5, 0.6) is 5.75 Å². The van der Waals surface area contributed by atoms with Gasteiger partial charge in [-0.3, -0.25) is 4.79 Å². The van der Waals surface area contributed by atoms with E-state index in [1.54, 1.807) is 12.1 Å². The van der Waals surface area contributed by atoms with Gasteiger partial charge < -0.3 is 38.6 Å². The van der Waals surface area contributed by atoms with Crippen molar-refractivity contribution in [1.82, 2.24) is 0 Å². The molecule has 2 N–H and O–H groups in total. The quantitative estimate of drug-likeness (QED) is 0.188. The van der Waals surface area contributed by atoms with Gasteiger partial charge in [0.1, 0.15) is 18.5 Å². The predicted molar refractivity (Wildman–Crippen MR) is 153 cm³/mol. The number of unbranched alkanes of at least 4 members (excludes halogenated alkanes) is 1. The molecule has 2 aliphatic heterocycles. The van der Waals surface area contributed by atoms with Gasteiger partial charge in [0.2, 0.25) is 0 Å². The van der Waals surface area contributed by atoms with Crippen LogP contribution in [0.3, 0.4) is 0 Å². The summed E-state index contributed by atoms with van der Waals surface area (Å²) >= 11 is 6.02. The Hall–Kier alpha value is -1.72. The Bertz CT molecular complexity index is 915. The molecule has 3 fully saturated rings. The molecule has 10 heteroatoms. The van der Waals surface area contributed by atoms with Gasteiger partial charge in [0.25, 0.3) is 0 Å². The molecule has 0 aromatic heterocycles. The lowest BCUT2D eigenvalue weighted by Crippen LogP contribution is -2.40. The number of halogens is 1. The van der Waals surface area contributed by atoms with Crippen molar-refractivity contribution < 1.29 is 43.4 Å². The Morgan fingerprint density at radius 3 is 2.44 bits per heavy atom. The average molecular weight is 597 g/mol. The highest BCUT2D eigenvalue weighted by Gasteiger charge is 2.45. The van der Waals surface area contributed by atoms with Crippen LogP contribution in [0.2, 0.25) is 5.02 Å². The molecule has 0 spiro atoms. The molecule has 7 atom stereocenters. The second-order valence-electron chi connectivity index (χ2n) is 11.0. The minimum absolute atomic E-state index is 0.142. The first-order valence-electron chi connectivity index (χ1n) is 15.1. The first-order valence-corrected chi connectivity index (χ1v) is 15.4. The highest BCUT2D eigenvalue weighted by atomic mass is 35.5. The van der Waals surface area contributed by atoms with E-state index in [0.29, 0.717) is 49.7 Å². The van der Waals surface area contributed by atoms with E-state index in [4.69, 9.17) is 45.1 Å². The Labute approximate surface area is 248 Å². The smallest absolute Gasteiger partial charge is 0.303 e. The third kappa shape index (κ3) is 11.1. The molecule has 4 rings (SSSR count). The van der Waals surface area contributed by atoms with Gasteiger partial charge in [-0.2, -0.15) is 0 Å². The Balaban J connectivity index is 1.40. The number of hydrogen-bond acceptors (Lipinski definition) is 8. The minimum Gasteiger partial charge on any atom is -0.491 e. The van der Waals surface area contributed by atoms with E-state index >= 15 is 0 Å². The van der Waals surface area contributed by atoms with Crippen molar-refractivity contribution in [2.24, 2.45) is 5.92 Å². The number of carboxylic acid groups (broad SMARTS) is 1. The maximum atomic E-state index is 11.0. The van der Waals surface area contributed by atoms with Crippen LogP contribution in [0.15, 0.2) is 36.4 Å². The van der Waals surface area contributed by atoms with Crippen LogP contribution in [-0.2, 0) is 28.5 Å². The molecule has 230 valence electrons. The Morgan fingerprint density at radius 1 is 1.02 bits per heavy atom. The van der Waals surface area contributed by atoms with E-state index in [9.17, 15) is 9.90 Å². The monoisotopic (exact) mass is 596 g/mol. The molecular weight excluding hydrogens is 552 g/mol. The number of carboxylic acids is 1. The van der Waals surface area contributed by atoms with Crippen LogP contribution in [0.25, 0.3) is 0 Å². The van der Waals surface area contributed by atoms with Gasteiger partial charge in [0.15, 0.2) is 12.6 Å². The van der Waals surface area contributed by atoms with Crippen molar-refractivity contribution in [3.63, 3.8) is 0 Å². The zero-order valence-electron chi connectivity index (χ0n) is 23.7. The molecule has 1 aliphatic carbocycles. The standard InChI is InChI=1S/C31H45ClO9/c32-22-13-15-23(16-14-22)38-20-24(40-29-11-5-7-17-36-29)21-39-31-25(9-3-1-2-4-10-28(34)35)26(33)19-27(31)41-30-12-6-8-18-37-30/h1,3,13-16,24-27,29-31,33H,2,4-12,17-21H2,(H,34,35)/b3-1+. The zero-order valence-corrected chi connectivity index (χ0v) is 24.5. The molecule has 7 unspecified atom stereocenters. The Kier molecular flexibility index (Phi) is 13.7. The fourth-order valence-corrected chi connectivity index (χ4v) is 5.68. The van der Waals surface area contributed by atoms with Gasteiger partial charge in [-0.1, -0.05) is 23.8 Å². The van der Waals surface area contributed by atoms with Crippen molar-refractivity contribution in [3.05, 3.63) is 41.4 Å². The Morgan fingerprint density at radius 2 is 1.76 bits per heavy atom. The number of carbonyl (C=O) groups is 1. The van der Waals surface area contributed by atoms with Crippen molar-refractivity contribution >= 4 is 17.6 Å². The number of benzene rings is 1. The van der Waals surface area contributed by atoms with Gasteiger partial charge in [0, 0.05) is 37.0 Å². The summed E-state index contributed by atoms with van der Waals surface area (Å²) in [5, 5.41) is 20.5. The number of hydrogen-bond donors (Lipinski definition) is 2. The second-order valence-corrected chi connectivity index (χ2v) is 11.5. The third-order valence-corrected chi connectivity index (χ3v) is 8.02. The van der Waals surface area contributed by atoms with Crippen LogP contribution in [-0.4, -0.2) is 79.6 Å². The summed E-state index contributed by atoms with van der Waals surface area (Å²) < 4.78 is 36.9. The van der Waals surface area contributed by atoms with E-state index in [2.05, 4.69) is 0 Å².